The van der Waals surface area contributed by atoms with Gasteiger partial charge in [-0.25, -0.2) is 0 Å². The van der Waals surface area contributed by atoms with E-state index < -0.39 is 0 Å². The second-order valence-corrected chi connectivity index (χ2v) is 5.12. The predicted molar refractivity (Wildman–Crippen MR) is 76.5 cm³/mol. The van der Waals surface area contributed by atoms with Crippen molar-refractivity contribution < 1.29 is 0 Å². The fourth-order valence-corrected chi connectivity index (χ4v) is 2.78. The molecule has 2 aromatic rings. The standard InChI is InChI=1S/C16H19N3/c17-10-16-9-14-3-1-2-4-15(14)12-19(16)11-13-5-7-18-8-6-13/h1-8,16H,9-12,17H2. The molecule has 0 bridgehead atoms. The molecule has 98 valence electrons. The summed E-state index contributed by atoms with van der Waals surface area (Å²) in [6.45, 7) is 2.64. The average Bonchev–Trinajstić information content (AvgIpc) is 2.47. The van der Waals surface area contributed by atoms with Crippen LogP contribution in [0.3, 0.4) is 0 Å². The van der Waals surface area contributed by atoms with Crippen LogP contribution < -0.4 is 5.73 Å². The van der Waals surface area contributed by atoms with Crippen molar-refractivity contribution >= 4 is 0 Å². The summed E-state index contributed by atoms with van der Waals surface area (Å²) in [6.07, 6.45) is 4.76. The number of nitrogens with two attached hydrogens (primary N) is 1. The van der Waals surface area contributed by atoms with Crippen molar-refractivity contribution in [2.45, 2.75) is 25.6 Å². The molecule has 0 spiro atoms. The van der Waals surface area contributed by atoms with Gasteiger partial charge in [0.2, 0.25) is 0 Å². The zero-order chi connectivity index (χ0) is 13.1. The first-order valence-corrected chi connectivity index (χ1v) is 6.76. The molecule has 1 aliphatic rings. The fourth-order valence-electron chi connectivity index (χ4n) is 2.78. The van der Waals surface area contributed by atoms with Crippen molar-refractivity contribution in [2.24, 2.45) is 5.73 Å². The number of pyridine rings is 1. The van der Waals surface area contributed by atoms with E-state index in [9.17, 15) is 0 Å². The van der Waals surface area contributed by atoms with Gasteiger partial charge in [0.1, 0.15) is 0 Å². The SMILES string of the molecule is NCC1Cc2ccccc2CN1Cc1ccncc1. The van der Waals surface area contributed by atoms with Gasteiger partial charge in [0.25, 0.3) is 0 Å². The van der Waals surface area contributed by atoms with Crippen LogP contribution in [0.1, 0.15) is 16.7 Å². The number of aromatic nitrogens is 1. The van der Waals surface area contributed by atoms with Crippen LogP contribution in [0.25, 0.3) is 0 Å². The van der Waals surface area contributed by atoms with Crippen LogP contribution in [-0.2, 0) is 19.5 Å². The number of hydrogen-bond donors (Lipinski definition) is 1. The zero-order valence-corrected chi connectivity index (χ0v) is 11.0. The van der Waals surface area contributed by atoms with Crippen molar-refractivity contribution in [3.8, 4) is 0 Å². The van der Waals surface area contributed by atoms with Crippen LogP contribution in [0.2, 0.25) is 0 Å². The highest BCUT2D eigenvalue weighted by Gasteiger charge is 2.24. The minimum absolute atomic E-state index is 0.433. The molecule has 1 aromatic heterocycles. The third-order valence-corrected chi connectivity index (χ3v) is 3.87. The third-order valence-electron chi connectivity index (χ3n) is 3.87. The molecule has 19 heavy (non-hydrogen) atoms. The molecule has 0 aliphatic carbocycles. The highest BCUT2D eigenvalue weighted by molar-refractivity contribution is 5.30. The topological polar surface area (TPSA) is 42.1 Å². The van der Waals surface area contributed by atoms with E-state index in [2.05, 4.69) is 46.3 Å². The number of hydrogen-bond acceptors (Lipinski definition) is 3. The van der Waals surface area contributed by atoms with Gasteiger partial charge in [0.05, 0.1) is 0 Å². The Morgan fingerprint density at radius 1 is 1.11 bits per heavy atom. The first-order valence-electron chi connectivity index (χ1n) is 6.76. The van der Waals surface area contributed by atoms with E-state index in [1.54, 1.807) is 0 Å². The first-order chi connectivity index (χ1) is 9.36. The third kappa shape index (κ3) is 2.67. The highest BCUT2D eigenvalue weighted by atomic mass is 15.2. The van der Waals surface area contributed by atoms with E-state index in [1.165, 1.54) is 16.7 Å². The van der Waals surface area contributed by atoms with E-state index in [1.807, 2.05) is 12.4 Å². The number of nitrogens with zero attached hydrogens (tertiary/aromatic N) is 2. The van der Waals surface area contributed by atoms with Crippen molar-refractivity contribution in [1.29, 1.82) is 0 Å². The number of rotatable bonds is 3. The molecule has 0 saturated heterocycles. The molecule has 1 unspecified atom stereocenters. The molecule has 1 aromatic carbocycles. The molecule has 1 atom stereocenters. The molecule has 1 aliphatic heterocycles. The average molecular weight is 253 g/mol. The van der Waals surface area contributed by atoms with E-state index >= 15 is 0 Å². The summed E-state index contributed by atoms with van der Waals surface area (Å²) >= 11 is 0. The van der Waals surface area contributed by atoms with Crippen LogP contribution in [0.5, 0.6) is 0 Å². The summed E-state index contributed by atoms with van der Waals surface area (Å²) in [5, 5.41) is 0. The Bertz CT molecular complexity index is 539. The molecule has 0 amide bonds. The van der Waals surface area contributed by atoms with Gasteiger partial charge in [-0.05, 0) is 35.2 Å². The van der Waals surface area contributed by atoms with Gasteiger partial charge in [-0.15, -0.1) is 0 Å². The minimum Gasteiger partial charge on any atom is -0.329 e. The van der Waals surface area contributed by atoms with Crippen LogP contribution in [-0.4, -0.2) is 22.5 Å². The smallest absolute Gasteiger partial charge is 0.0271 e. The molecule has 2 heterocycles. The lowest BCUT2D eigenvalue weighted by atomic mass is 9.93. The molecule has 0 radical (unpaired) electrons. The second-order valence-electron chi connectivity index (χ2n) is 5.12. The fraction of sp³-hybridized carbons (Fsp3) is 0.312. The Labute approximate surface area is 114 Å². The van der Waals surface area contributed by atoms with Crippen LogP contribution >= 0.6 is 0 Å². The summed E-state index contributed by atoms with van der Waals surface area (Å²) in [7, 11) is 0. The normalized spacial score (nSPS) is 19.1. The second kappa shape index (κ2) is 5.51. The van der Waals surface area contributed by atoms with Gasteiger partial charge in [0.15, 0.2) is 0 Å². The largest absolute Gasteiger partial charge is 0.329 e. The Balaban J connectivity index is 1.81. The molecule has 3 nitrogen and oxygen atoms in total. The van der Waals surface area contributed by atoms with Crippen molar-refractivity contribution in [2.75, 3.05) is 6.54 Å². The number of fused-ring (bicyclic) bond motifs is 1. The Kier molecular flexibility index (Phi) is 3.58. The Morgan fingerprint density at radius 3 is 2.58 bits per heavy atom. The molecule has 0 fully saturated rings. The van der Waals surface area contributed by atoms with Gasteiger partial charge < -0.3 is 5.73 Å². The van der Waals surface area contributed by atoms with Gasteiger partial charge >= 0.3 is 0 Å². The van der Waals surface area contributed by atoms with E-state index in [0.29, 0.717) is 12.6 Å². The van der Waals surface area contributed by atoms with Crippen molar-refractivity contribution in [3.05, 3.63) is 65.5 Å². The van der Waals surface area contributed by atoms with Crippen LogP contribution in [0.4, 0.5) is 0 Å². The van der Waals surface area contributed by atoms with Gasteiger partial charge in [0, 0.05) is 38.1 Å². The summed E-state index contributed by atoms with van der Waals surface area (Å²) in [4.78, 5) is 6.54. The molecule has 3 heteroatoms. The lowest BCUT2D eigenvalue weighted by Gasteiger charge is -2.36. The number of benzene rings is 1. The molecule has 3 rings (SSSR count). The highest BCUT2D eigenvalue weighted by Crippen LogP contribution is 2.24. The maximum Gasteiger partial charge on any atom is 0.0271 e. The maximum absolute atomic E-state index is 5.95. The Hall–Kier alpha value is -1.71. The van der Waals surface area contributed by atoms with Gasteiger partial charge in [-0.2, -0.15) is 0 Å². The minimum atomic E-state index is 0.433. The molecule has 0 saturated carbocycles. The predicted octanol–water partition coefficient (Wildman–Crippen LogP) is 1.97. The van der Waals surface area contributed by atoms with Crippen molar-refractivity contribution in [3.63, 3.8) is 0 Å². The monoisotopic (exact) mass is 253 g/mol. The summed E-state index contributed by atoms with van der Waals surface area (Å²) in [6, 6.07) is 13.3. The van der Waals surface area contributed by atoms with Crippen molar-refractivity contribution in [1.82, 2.24) is 9.88 Å². The zero-order valence-electron chi connectivity index (χ0n) is 11.0. The van der Waals surface area contributed by atoms with Crippen LogP contribution in [0, 0.1) is 0 Å². The Morgan fingerprint density at radius 2 is 1.84 bits per heavy atom. The molecular weight excluding hydrogens is 234 g/mol. The summed E-state index contributed by atoms with van der Waals surface area (Å²) in [5.74, 6) is 0. The summed E-state index contributed by atoms with van der Waals surface area (Å²) in [5.41, 5.74) is 10.1. The maximum atomic E-state index is 5.95. The molecule has 2 N–H and O–H groups in total. The van der Waals surface area contributed by atoms with E-state index in [4.69, 9.17) is 5.73 Å². The lowest BCUT2D eigenvalue weighted by molar-refractivity contribution is 0.167. The lowest BCUT2D eigenvalue weighted by Crippen LogP contribution is -2.44. The van der Waals surface area contributed by atoms with Gasteiger partial charge in [-0.3, -0.25) is 9.88 Å². The molecular formula is C16H19N3. The summed E-state index contributed by atoms with van der Waals surface area (Å²) < 4.78 is 0. The van der Waals surface area contributed by atoms with Gasteiger partial charge in [-0.1, -0.05) is 24.3 Å². The quantitative estimate of drug-likeness (QED) is 0.909. The first kappa shape index (κ1) is 12.3. The van der Waals surface area contributed by atoms with Crippen LogP contribution in [0.15, 0.2) is 48.8 Å². The van der Waals surface area contributed by atoms with E-state index in [0.717, 1.165) is 19.5 Å². The van der Waals surface area contributed by atoms with E-state index in [-0.39, 0.29) is 0 Å².